The Kier molecular flexibility index (Phi) is 5.51. The summed E-state index contributed by atoms with van der Waals surface area (Å²) in [6.45, 7) is 2.13. The van der Waals surface area contributed by atoms with Gasteiger partial charge < -0.3 is 10.6 Å². The molecule has 1 rings (SSSR count). The van der Waals surface area contributed by atoms with Gasteiger partial charge in [0.1, 0.15) is 5.82 Å². The number of carbonyl (C=O) groups is 1. The molecule has 0 aliphatic rings. The van der Waals surface area contributed by atoms with E-state index in [4.69, 9.17) is 0 Å². The van der Waals surface area contributed by atoms with Crippen molar-refractivity contribution in [1.82, 2.24) is 10.6 Å². The molecule has 0 spiro atoms. The summed E-state index contributed by atoms with van der Waals surface area (Å²) in [6, 6.07) is 9.97. The fourth-order valence-electron chi connectivity index (χ4n) is 1.28. The fraction of sp³-hybridized carbons (Fsp3) is 0.231. The Balaban J connectivity index is 2.58. The van der Waals surface area contributed by atoms with Gasteiger partial charge in [0.05, 0.1) is 0 Å². The van der Waals surface area contributed by atoms with Crippen molar-refractivity contribution in [1.29, 1.82) is 0 Å². The third-order valence-electron chi connectivity index (χ3n) is 2.03. The van der Waals surface area contributed by atoms with Crippen LogP contribution in [0, 0.1) is 0 Å². The summed E-state index contributed by atoms with van der Waals surface area (Å²) >= 11 is 0. The lowest BCUT2D eigenvalue weighted by molar-refractivity contribution is -0.118. The number of hydrogen-bond acceptors (Lipinski definition) is 3. The number of hydrogen-bond donors (Lipinski definition) is 2. The van der Waals surface area contributed by atoms with E-state index in [0.29, 0.717) is 12.4 Å². The Labute approximate surface area is 101 Å². The number of allylic oxidation sites excluding steroid dienone is 1. The maximum Gasteiger partial charge on any atom is 0.222 e. The molecule has 0 atom stereocenters. The van der Waals surface area contributed by atoms with E-state index in [1.165, 1.54) is 6.92 Å². The minimum atomic E-state index is -0.110. The van der Waals surface area contributed by atoms with E-state index in [9.17, 15) is 4.79 Å². The number of nitrogens with one attached hydrogen (secondary N) is 2. The molecule has 1 amide bonds. The standard InChI is InChI=1S/C13H17N3O/c1-11(17)16-13(8-9-14-2)15-10-12-6-4-3-5-7-12/h3-9,15H,10H2,1-2H3,(H,16,17). The number of carbonyl (C=O) groups excluding carboxylic acids is 1. The molecule has 1 aromatic rings. The van der Waals surface area contributed by atoms with Gasteiger partial charge in [0.15, 0.2) is 0 Å². The van der Waals surface area contributed by atoms with Gasteiger partial charge in [-0.1, -0.05) is 30.3 Å². The molecule has 1 aromatic carbocycles. The lowest BCUT2D eigenvalue weighted by Crippen LogP contribution is -2.29. The van der Waals surface area contributed by atoms with Gasteiger partial charge >= 0.3 is 0 Å². The molecule has 0 aromatic heterocycles. The molecule has 17 heavy (non-hydrogen) atoms. The van der Waals surface area contributed by atoms with E-state index in [1.807, 2.05) is 30.3 Å². The van der Waals surface area contributed by atoms with Gasteiger partial charge in [-0.2, -0.15) is 0 Å². The van der Waals surface area contributed by atoms with Crippen LogP contribution in [0.1, 0.15) is 12.5 Å². The fourth-order valence-corrected chi connectivity index (χ4v) is 1.28. The minimum Gasteiger partial charge on any atom is -0.367 e. The number of nitrogens with zero attached hydrogens (tertiary/aromatic N) is 1. The first kappa shape index (κ1) is 13.0. The predicted octanol–water partition coefficient (Wildman–Crippen LogP) is 1.45. The number of rotatable bonds is 5. The molecule has 90 valence electrons. The van der Waals surface area contributed by atoms with Gasteiger partial charge in [-0.05, 0) is 11.6 Å². The largest absolute Gasteiger partial charge is 0.367 e. The summed E-state index contributed by atoms with van der Waals surface area (Å²) in [5, 5.41) is 5.84. The number of amides is 1. The topological polar surface area (TPSA) is 53.5 Å². The second kappa shape index (κ2) is 7.22. The molecule has 0 radical (unpaired) electrons. The van der Waals surface area contributed by atoms with Crippen molar-refractivity contribution in [3.8, 4) is 0 Å². The average Bonchev–Trinajstić information content (AvgIpc) is 2.33. The van der Waals surface area contributed by atoms with Crippen molar-refractivity contribution in [3.63, 3.8) is 0 Å². The summed E-state index contributed by atoms with van der Waals surface area (Å²) < 4.78 is 0. The maximum absolute atomic E-state index is 11.0. The lowest BCUT2D eigenvalue weighted by Gasteiger charge is -2.10. The molecule has 0 unspecified atom stereocenters. The van der Waals surface area contributed by atoms with Crippen LogP contribution in [-0.2, 0) is 11.3 Å². The molecule has 0 bridgehead atoms. The second-order valence-corrected chi connectivity index (χ2v) is 3.51. The van der Waals surface area contributed by atoms with Crippen LogP contribution in [0.25, 0.3) is 0 Å². The van der Waals surface area contributed by atoms with E-state index >= 15 is 0 Å². The highest BCUT2D eigenvalue weighted by Gasteiger charge is 1.98. The van der Waals surface area contributed by atoms with E-state index in [0.717, 1.165) is 5.56 Å². The van der Waals surface area contributed by atoms with Crippen molar-refractivity contribution >= 4 is 12.1 Å². The average molecular weight is 231 g/mol. The van der Waals surface area contributed by atoms with E-state index < -0.39 is 0 Å². The molecule has 0 heterocycles. The van der Waals surface area contributed by atoms with Crippen LogP contribution in [0.15, 0.2) is 47.2 Å². The van der Waals surface area contributed by atoms with Crippen LogP contribution in [0.4, 0.5) is 0 Å². The monoisotopic (exact) mass is 231 g/mol. The van der Waals surface area contributed by atoms with Crippen molar-refractivity contribution in [3.05, 3.63) is 47.8 Å². The highest BCUT2D eigenvalue weighted by Crippen LogP contribution is 1.98. The Morgan fingerprint density at radius 1 is 1.35 bits per heavy atom. The summed E-state index contributed by atoms with van der Waals surface area (Å²) in [7, 11) is 1.68. The smallest absolute Gasteiger partial charge is 0.222 e. The maximum atomic E-state index is 11.0. The van der Waals surface area contributed by atoms with Crippen molar-refractivity contribution in [2.45, 2.75) is 13.5 Å². The van der Waals surface area contributed by atoms with Crippen LogP contribution in [-0.4, -0.2) is 19.2 Å². The quantitative estimate of drug-likeness (QED) is 0.754. The van der Waals surface area contributed by atoms with Crippen molar-refractivity contribution in [2.75, 3.05) is 7.05 Å². The van der Waals surface area contributed by atoms with E-state index in [-0.39, 0.29) is 5.91 Å². The second-order valence-electron chi connectivity index (χ2n) is 3.51. The molecular formula is C13H17N3O. The molecule has 4 heteroatoms. The van der Waals surface area contributed by atoms with Crippen LogP contribution in [0.2, 0.25) is 0 Å². The Hall–Kier alpha value is -2.10. The van der Waals surface area contributed by atoms with Crippen molar-refractivity contribution in [2.24, 2.45) is 4.99 Å². The number of benzene rings is 1. The first-order valence-corrected chi connectivity index (χ1v) is 5.40. The normalized spacial score (nSPS) is 11.5. The van der Waals surface area contributed by atoms with Crippen LogP contribution in [0.3, 0.4) is 0 Å². The Morgan fingerprint density at radius 3 is 2.65 bits per heavy atom. The molecule has 0 saturated heterocycles. The van der Waals surface area contributed by atoms with Gasteiger partial charge in [0.25, 0.3) is 0 Å². The third-order valence-corrected chi connectivity index (χ3v) is 2.03. The lowest BCUT2D eigenvalue weighted by atomic mass is 10.2. The van der Waals surface area contributed by atoms with Gasteiger partial charge in [-0.3, -0.25) is 9.79 Å². The summed E-state index contributed by atoms with van der Waals surface area (Å²) in [5.41, 5.74) is 1.15. The third kappa shape index (κ3) is 5.51. The van der Waals surface area contributed by atoms with Gasteiger partial charge in [0.2, 0.25) is 5.91 Å². The molecule has 4 nitrogen and oxygen atoms in total. The molecule has 0 saturated carbocycles. The molecular weight excluding hydrogens is 214 g/mol. The summed E-state index contributed by atoms with van der Waals surface area (Å²) in [4.78, 5) is 14.8. The first-order valence-electron chi connectivity index (χ1n) is 5.40. The number of aliphatic imine (C=N–C) groups is 1. The zero-order valence-corrected chi connectivity index (χ0v) is 10.1. The first-order chi connectivity index (χ1) is 8.22. The molecule has 0 fully saturated rings. The molecule has 0 aliphatic carbocycles. The van der Waals surface area contributed by atoms with E-state index in [1.54, 1.807) is 19.3 Å². The van der Waals surface area contributed by atoms with Gasteiger partial charge in [0, 0.05) is 26.7 Å². The molecule has 0 aliphatic heterocycles. The summed E-state index contributed by atoms with van der Waals surface area (Å²) in [6.07, 6.45) is 3.35. The van der Waals surface area contributed by atoms with Gasteiger partial charge in [-0.25, -0.2) is 0 Å². The highest BCUT2D eigenvalue weighted by molar-refractivity contribution is 5.78. The predicted molar refractivity (Wildman–Crippen MR) is 69.6 cm³/mol. The van der Waals surface area contributed by atoms with Crippen molar-refractivity contribution < 1.29 is 4.79 Å². The highest BCUT2D eigenvalue weighted by atomic mass is 16.1. The van der Waals surface area contributed by atoms with E-state index in [2.05, 4.69) is 15.6 Å². The Morgan fingerprint density at radius 2 is 2.06 bits per heavy atom. The van der Waals surface area contributed by atoms with Crippen LogP contribution in [0.5, 0.6) is 0 Å². The zero-order chi connectivity index (χ0) is 12.5. The van der Waals surface area contributed by atoms with Crippen LogP contribution >= 0.6 is 0 Å². The zero-order valence-electron chi connectivity index (χ0n) is 10.1. The van der Waals surface area contributed by atoms with Gasteiger partial charge in [-0.15, -0.1) is 0 Å². The Bertz CT molecular complexity index is 410. The van der Waals surface area contributed by atoms with Crippen LogP contribution < -0.4 is 10.6 Å². The molecule has 2 N–H and O–H groups in total. The minimum absolute atomic E-state index is 0.110. The summed E-state index contributed by atoms with van der Waals surface area (Å²) in [5.74, 6) is 0.535. The SMILES string of the molecule is CN=CC=C(NCc1ccccc1)NC(C)=O.